The molecule has 0 saturated carbocycles. The van der Waals surface area contributed by atoms with E-state index in [1.807, 2.05) is 0 Å². The highest BCUT2D eigenvalue weighted by molar-refractivity contribution is 5.85. The first-order chi connectivity index (χ1) is 7.24. The van der Waals surface area contributed by atoms with Crippen molar-refractivity contribution in [1.29, 1.82) is 0 Å². The van der Waals surface area contributed by atoms with Gasteiger partial charge in [0.15, 0.2) is 0 Å². The highest BCUT2D eigenvalue weighted by Gasteiger charge is 2.21. The van der Waals surface area contributed by atoms with Crippen LogP contribution in [0.2, 0.25) is 0 Å². The van der Waals surface area contributed by atoms with Gasteiger partial charge in [0.25, 0.3) is 0 Å². The Hall–Kier alpha value is -0.810. The predicted octanol–water partition coefficient (Wildman–Crippen LogP) is 0.0871. The Labute approximate surface area is 102 Å². The lowest BCUT2D eigenvalue weighted by molar-refractivity contribution is -0.143. The topological polar surface area (TPSA) is 67.4 Å². The first kappa shape index (κ1) is 15.2. The Balaban J connectivity index is 0.00000225. The molecule has 1 amide bonds. The molecule has 6 heteroatoms. The molecule has 0 aromatic heterocycles. The van der Waals surface area contributed by atoms with Crippen molar-refractivity contribution in [3.05, 3.63) is 0 Å². The maximum atomic E-state index is 11.5. The second kappa shape index (κ2) is 8.35. The quantitative estimate of drug-likeness (QED) is 0.679. The van der Waals surface area contributed by atoms with Gasteiger partial charge in [0.1, 0.15) is 0 Å². The Morgan fingerprint density at radius 2 is 2.25 bits per heavy atom. The Bertz CT molecular complexity index is 230. The van der Waals surface area contributed by atoms with Crippen molar-refractivity contribution >= 4 is 24.3 Å². The smallest absolute Gasteiger partial charge is 0.307 e. The zero-order chi connectivity index (χ0) is 11.1. The van der Waals surface area contributed by atoms with Gasteiger partial charge >= 0.3 is 5.97 Å². The zero-order valence-electron chi connectivity index (χ0n) is 9.45. The van der Waals surface area contributed by atoms with E-state index in [2.05, 4.69) is 10.6 Å². The first-order valence-corrected chi connectivity index (χ1v) is 5.38. The van der Waals surface area contributed by atoms with Crippen molar-refractivity contribution < 1.29 is 14.3 Å². The summed E-state index contributed by atoms with van der Waals surface area (Å²) in [6.45, 7) is 4.16. The van der Waals surface area contributed by atoms with Gasteiger partial charge in [-0.3, -0.25) is 9.59 Å². The fraction of sp³-hybridized carbons (Fsp3) is 0.800. The summed E-state index contributed by atoms with van der Waals surface area (Å²) in [6.07, 6.45) is 1.13. The summed E-state index contributed by atoms with van der Waals surface area (Å²) in [5.41, 5.74) is 0. The summed E-state index contributed by atoms with van der Waals surface area (Å²) in [6, 6.07) is 0. The number of halogens is 1. The summed E-state index contributed by atoms with van der Waals surface area (Å²) >= 11 is 0. The van der Waals surface area contributed by atoms with E-state index in [9.17, 15) is 9.59 Å². The van der Waals surface area contributed by atoms with E-state index in [1.165, 1.54) is 0 Å². The second-order valence-corrected chi connectivity index (χ2v) is 3.54. The van der Waals surface area contributed by atoms with E-state index in [0.717, 1.165) is 19.5 Å². The van der Waals surface area contributed by atoms with Crippen molar-refractivity contribution in [1.82, 2.24) is 10.6 Å². The highest BCUT2D eigenvalue weighted by atomic mass is 35.5. The fourth-order valence-corrected chi connectivity index (χ4v) is 1.54. The molecule has 1 fully saturated rings. The van der Waals surface area contributed by atoms with E-state index in [0.29, 0.717) is 13.2 Å². The number of carbonyl (C=O) groups is 2. The molecular formula is C10H19ClN2O3. The SMILES string of the molecule is CCOC(=O)CCNC(=O)C1CCNC1.Cl. The van der Waals surface area contributed by atoms with Crippen LogP contribution in [-0.4, -0.2) is 38.1 Å². The molecule has 1 aliphatic rings. The van der Waals surface area contributed by atoms with Crippen LogP contribution < -0.4 is 10.6 Å². The molecule has 0 aliphatic carbocycles. The van der Waals surface area contributed by atoms with Gasteiger partial charge in [0, 0.05) is 13.1 Å². The van der Waals surface area contributed by atoms with Crippen LogP contribution in [0.5, 0.6) is 0 Å². The Morgan fingerprint density at radius 3 is 2.81 bits per heavy atom. The molecule has 94 valence electrons. The summed E-state index contributed by atoms with van der Waals surface area (Å²) in [7, 11) is 0. The van der Waals surface area contributed by atoms with Crippen molar-refractivity contribution in [2.24, 2.45) is 5.92 Å². The molecule has 2 N–H and O–H groups in total. The van der Waals surface area contributed by atoms with Gasteiger partial charge in [-0.1, -0.05) is 0 Å². The number of nitrogens with one attached hydrogen (secondary N) is 2. The molecule has 1 rings (SSSR count). The minimum atomic E-state index is -0.262. The van der Waals surface area contributed by atoms with Crippen molar-refractivity contribution in [2.45, 2.75) is 19.8 Å². The van der Waals surface area contributed by atoms with Crippen molar-refractivity contribution in [3.63, 3.8) is 0 Å². The highest BCUT2D eigenvalue weighted by Crippen LogP contribution is 2.06. The summed E-state index contributed by atoms with van der Waals surface area (Å²) < 4.78 is 4.75. The molecule has 1 heterocycles. The number of carbonyl (C=O) groups excluding carboxylic acids is 2. The van der Waals surface area contributed by atoms with E-state index in [4.69, 9.17) is 4.74 Å². The monoisotopic (exact) mass is 250 g/mol. The molecule has 1 aliphatic heterocycles. The lowest BCUT2D eigenvalue weighted by Crippen LogP contribution is -2.33. The lowest BCUT2D eigenvalue weighted by atomic mass is 10.1. The molecule has 5 nitrogen and oxygen atoms in total. The third kappa shape index (κ3) is 5.32. The van der Waals surface area contributed by atoms with E-state index in [1.54, 1.807) is 6.92 Å². The number of amides is 1. The molecule has 1 unspecified atom stereocenters. The minimum Gasteiger partial charge on any atom is -0.466 e. The average molecular weight is 251 g/mol. The Morgan fingerprint density at radius 1 is 1.50 bits per heavy atom. The maximum Gasteiger partial charge on any atom is 0.307 e. The van der Waals surface area contributed by atoms with E-state index < -0.39 is 0 Å². The summed E-state index contributed by atoms with van der Waals surface area (Å²) in [4.78, 5) is 22.4. The first-order valence-electron chi connectivity index (χ1n) is 5.38. The number of hydrogen-bond donors (Lipinski definition) is 2. The van der Waals surface area contributed by atoms with Crippen LogP contribution in [0, 0.1) is 5.92 Å². The van der Waals surface area contributed by atoms with Crippen LogP contribution in [0.1, 0.15) is 19.8 Å². The number of hydrogen-bond acceptors (Lipinski definition) is 4. The van der Waals surface area contributed by atoms with Crippen LogP contribution in [0.15, 0.2) is 0 Å². The third-order valence-electron chi connectivity index (χ3n) is 2.36. The predicted molar refractivity (Wildman–Crippen MR) is 62.5 cm³/mol. The molecule has 0 aromatic rings. The van der Waals surface area contributed by atoms with Crippen LogP contribution >= 0.6 is 12.4 Å². The van der Waals surface area contributed by atoms with Crippen LogP contribution in [0.4, 0.5) is 0 Å². The molecule has 1 atom stereocenters. The maximum absolute atomic E-state index is 11.5. The minimum absolute atomic E-state index is 0. The lowest BCUT2D eigenvalue weighted by Gasteiger charge is -2.09. The van der Waals surface area contributed by atoms with Gasteiger partial charge in [-0.05, 0) is 19.9 Å². The number of esters is 1. The van der Waals surface area contributed by atoms with Crippen LogP contribution in [-0.2, 0) is 14.3 Å². The van der Waals surface area contributed by atoms with Gasteiger partial charge in [-0.15, -0.1) is 12.4 Å². The van der Waals surface area contributed by atoms with Gasteiger partial charge in [-0.2, -0.15) is 0 Å². The molecule has 0 radical (unpaired) electrons. The molecular weight excluding hydrogens is 232 g/mol. The van der Waals surface area contributed by atoms with Crippen LogP contribution in [0.25, 0.3) is 0 Å². The molecule has 1 saturated heterocycles. The normalized spacial score (nSPS) is 18.7. The van der Waals surface area contributed by atoms with Gasteiger partial charge in [0.05, 0.1) is 18.9 Å². The van der Waals surface area contributed by atoms with Crippen LogP contribution in [0.3, 0.4) is 0 Å². The van der Waals surface area contributed by atoms with Gasteiger partial charge < -0.3 is 15.4 Å². The summed E-state index contributed by atoms with van der Waals surface area (Å²) in [5.74, 6) is -0.168. The molecule has 0 aromatic carbocycles. The Kier molecular flexibility index (Phi) is 7.93. The zero-order valence-corrected chi connectivity index (χ0v) is 10.3. The third-order valence-corrected chi connectivity index (χ3v) is 2.36. The molecule has 0 spiro atoms. The van der Waals surface area contributed by atoms with Crippen molar-refractivity contribution in [2.75, 3.05) is 26.2 Å². The average Bonchev–Trinajstić information content (AvgIpc) is 2.70. The number of ether oxygens (including phenoxy) is 1. The number of rotatable bonds is 5. The largest absolute Gasteiger partial charge is 0.466 e. The summed E-state index contributed by atoms with van der Waals surface area (Å²) in [5, 5.41) is 5.85. The van der Waals surface area contributed by atoms with Crippen molar-refractivity contribution in [3.8, 4) is 0 Å². The van der Waals surface area contributed by atoms with E-state index in [-0.39, 0.29) is 36.6 Å². The second-order valence-electron chi connectivity index (χ2n) is 3.54. The molecule has 16 heavy (non-hydrogen) atoms. The van der Waals surface area contributed by atoms with Gasteiger partial charge in [-0.25, -0.2) is 0 Å². The van der Waals surface area contributed by atoms with E-state index >= 15 is 0 Å². The standard InChI is InChI=1S/C10H18N2O3.ClH/c1-2-15-9(13)4-6-12-10(14)8-3-5-11-7-8;/h8,11H,2-7H2,1H3,(H,12,14);1H. The fourth-order valence-electron chi connectivity index (χ4n) is 1.54. The van der Waals surface area contributed by atoms with Gasteiger partial charge in [0.2, 0.25) is 5.91 Å². The molecule has 0 bridgehead atoms.